The van der Waals surface area contributed by atoms with Crippen molar-refractivity contribution < 1.29 is 30.5 Å². The van der Waals surface area contributed by atoms with E-state index in [2.05, 4.69) is 0 Å². The Morgan fingerprint density at radius 2 is 1.48 bits per heavy atom. The lowest BCUT2D eigenvalue weighted by Crippen LogP contribution is -2.10. The monoisotopic (exact) mass is 356 g/mol. The second-order valence-electron chi connectivity index (χ2n) is 4.80. The van der Waals surface area contributed by atoms with Gasteiger partial charge in [0, 0.05) is 12.3 Å². The molecule has 0 fully saturated rings. The van der Waals surface area contributed by atoms with E-state index in [4.69, 9.17) is 13.7 Å². The Kier molecular flexibility index (Phi) is 3.69. The molecule has 0 amide bonds. The third kappa shape index (κ3) is 3.25. The first-order valence-electron chi connectivity index (χ1n) is 6.40. The minimum Gasteiger partial charge on any atom is -0.454 e. The standard InChI is InChI=1S/C14H12O7S2/c1-22(15,16)11-3-5-12(6-4-11)23(17,18)21-10-2-7-13-14(8-10)20-9-19-13/h2-8H,9H2,1H3. The van der Waals surface area contributed by atoms with Crippen molar-refractivity contribution in [1.82, 2.24) is 0 Å². The molecule has 2 aromatic carbocycles. The van der Waals surface area contributed by atoms with Gasteiger partial charge >= 0.3 is 10.1 Å². The van der Waals surface area contributed by atoms with Crippen LogP contribution in [0, 0.1) is 0 Å². The molecule has 0 saturated carbocycles. The van der Waals surface area contributed by atoms with Crippen LogP contribution >= 0.6 is 0 Å². The number of hydrogen-bond acceptors (Lipinski definition) is 7. The van der Waals surface area contributed by atoms with E-state index >= 15 is 0 Å². The normalized spacial score (nSPS) is 13.8. The fourth-order valence-corrected chi connectivity index (χ4v) is 3.51. The zero-order valence-corrected chi connectivity index (χ0v) is 13.6. The van der Waals surface area contributed by atoms with Crippen molar-refractivity contribution in [3.05, 3.63) is 42.5 Å². The average Bonchev–Trinajstić information content (AvgIpc) is 2.93. The van der Waals surface area contributed by atoms with Crippen molar-refractivity contribution in [3.63, 3.8) is 0 Å². The van der Waals surface area contributed by atoms with Crippen LogP contribution in [0.15, 0.2) is 52.3 Å². The van der Waals surface area contributed by atoms with E-state index in [1.54, 1.807) is 6.07 Å². The van der Waals surface area contributed by atoms with E-state index in [0.29, 0.717) is 11.5 Å². The molecule has 0 saturated heterocycles. The Bertz CT molecular complexity index is 945. The molecule has 0 unspecified atom stereocenters. The lowest BCUT2D eigenvalue weighted by atomic mass is 10.3. The molecule has 23 heavy (non-hydrogen) atoms. The minimum absolute atomic E-state index is 0.0273. The molecular formula is C14H12O7S2. The van der Waals surface area contributed by atoms with Crippen LogP contribution in [0.5, 0.6) is 17.2 Å². The summed E-state index contributed by atoms with van der Waals surface area (Å²) in [6.45, 7) is 0.0679. The molecule has 0 radical (unpaired) electrons. The Morgan fingerprint density at radius 3 is 2.13 bits per heavy atom. The Balaban J connectivity index is 1.87. The smallest absolute Gasteiger partial charge is 0.339 e. The topological polar surface area (TPSA) is 96.0 Å². The van der Waals surface area contributed by atoms with Crippen LogP contribution in [0.2, 0.25) is 0 Å². The SMILES string of the molecule is CS(=O)(=O)c1ccc(S(=O)(=O)Oc2ccc3c(c2)OCO3)cc1. The van der Waals surface area contributed by atoms with Gasteiger partial charge in [-0.15, -0.1) is 0 Å². The molecule has 0 aliphatic carbocycles. The summed E-state index contributed by atoms with van der Waals surface area (Å²) >= 11 is 0. The molecule has 7 nitrogen and oxygen atoms in total. The fraction of sp³-hybridized carbons (Fsp3) is 0.143. The number of benzene rings is 2. The molecule has 3 rings (SSSR count). The fourth-order valence-electron chi connectivity index (χ4n) is 1.96. The van der Waals surface area contributed by atoms with Gasteiger partial charge in [-0.3, -0.25) is 0 Å². The van der Waals surface area contributed by atoms with Crippen molar-refractivity contribution in [2.24, 2.45) is 0 Å². The van der Waals surface area contributed by atoms with E-state index in [1.807, 2.05) is 0 Å². The summed E-state index contributed by atoms with van der Waals surface area (Å²) in [7, 11) is -7.48. The summed E-state index contributed by atoms with van der Waals surface area (Å²) in [5.74, 6) is 0.971. The Labute approximate surface area is 133 Å². The lowest BCUT2D eigenvalue weighted by Gasteiger charge is -2.08. The lowest BCUT2D eigenvalue weighted by molar-refractivity contribution is 0.174. The quantitative estimate of drug-likeness (QED) is 0.768. The average molecular weight is 356 g/mol. The molecule has 0 aromatic heterocycles. The number of rotatable bonds is 4. The highest BCUT2D eigenvalue weighted by Gasteiger charge is 2.20. The van der Waals surface area contributed by atoms with Crippen LogP contribution in [0.3, 0.4) is 0 Å². The van der Waals surface area contributed by atoms with Gasteiger partial charge in [0.05, 0.1) is 4.90 Å². The summed E-state index contributed by atoms with van der Waals surface area (Å²) in [6.07, 6.45) is 1.04. The number of fused-ring (bicyclic) bond motifs is 1. The highest BCUT2D eigenvalue weighted by atomic mass is 32.2. The molecule has 1 aliphatic rings. The van der Waals surface area contributed by atoms with Gasteiger partial charge in [-0.1, -0.05) is 0 Å². The van der Waals surface area contributed by atoms with Gasteiger partial charge in [-0.25, -0.2) is 8.42 Å². The van der Waals surface area contributed by atoms with Crippen LogP contribution in [-0.2, 0) is 20.0 Å². The summed E-state index contributed by atoms with van der Waals surface area (Å²) in [5.41, 5.74) is 0. The maximum atomic E-state index is 12.2. The van der Waals surface area contributed by atoms with Gasteiger partial charge in [-0.2, -0.15) is 8.42 Å². The third-order valence-corrected chi connectivity index (χ3v) is 5.48. The summed E-state index contributed by atoms with van der Waals surface area (Å²) < 4.78 is 62.5. The minimum atomic E-state index is -4.08. The summed E-state index contributed by atoms with van der Waals surface area (Å²) in [6, 6.07) is 9.18. The van der Waals surface area contributed by atoms with Crippen LogP contribution in [0.25, 0.3) is 0 Å². The Hall–Kier alpha value is -2.26. The van der Waals surface area contributed by atoms with Crippen molar-refractivity contribution in [3.8, 4) is 17.2 Å². The highest BCUT2D eigenvalue weighted by Crippen LogP contribution is 2.35. The highest BCUT2D eigenvalue weighted by molar-refractivity contribution is 7.90. The first kappa shape index (κ1) is 15.6. The largest absolute Gasteiger partial charge is 0.454 e. The maximum absolute atomic E-state index is 12.2. The van der Waals surface area contributed by atoms with Crippen molar-refractivity contribution >= 4 is 20.0 Å². The molecule has 9 heteroatoms. The Morgan fingerprint density at radius 1 is 0.870 bits per heavy atom. The molecule has 1 aliphatic heterocycles. The van der Waals surface area contributed by atoms with Gasteiger partial charge in [0.2, 0.25) is 6.79 Å². The third-order valence-electron chi connectivity index (χ3n) is 3.09. The second-order valence-corrected chi connectivity index (χ2v) is 8.36. The van der Waals surface area contributed by atoms with Crippen LogP contribution < -0.4 is 13.7 Å². The van der Waals surface area contributed by atoms with Crippen LogP contribution in [-0.4, -0.2) is 29.9 Å². The van der Waals surface area contributed by atoms with Crippen LogP contribution in [0.4, 0.5) is 0 Å². The first-order valence-corrected chi connectivity index (χ1v) is 9.70. The van der Waals surface area contributed by atoms with Gasteiger partial charge in [0.25, 0.3) is 0 Å². The maximum Gasteiger partial charge on any atom is 0.339 e. The van der Waals surface area contributed by atoms with Gasteiger partial charge in [-0.05, 0) is 36.4 Å². The molecule has 0 bridgehead atoms. The molecular weight excluding hydrogens is 344 g/mol. The van der Waals surface area contributed by atoms with E-state index in [-0.39, 0.29) is 22.3 Å². The first-order chi connectivity index (χ1) is 10.8. The number of hydrogen-bond donors (Lipinski definition) is 0. The number of sulfone groups is 1. The predicted octanol–water partition coefficient (Wildman–Crippen LogP) is 1.59. The summed E-state index contributed by atoms with van der Waals surface area (Å²) in [5, 5.41) is 0. The molecule has 0 spiro atoms. The molecule has 0 N–H and O–H groups in total. The van der Waals surface area contributed by atoms with Gasteiger partial charge < -0.3 is 13.7 Å². The van der Waals surface area contributed by atoms with Crippen molar-refractivity contribution in [1.29, 1.82) is 0 Å². The molecule has 2 aromatic rings. The predicted molar refractivity (Wildman–Crippen MR) is 79.9 cm³/mol. The van der Waals surface area contributed by atoms with Crippen LogP contribution in [0.1, 0.15) is 0 Å². The van der Waals surface area contributed by atoms with E-state index < -0.39 is 20.0 Å². The zero-order chi connectivity index (χ0) is 16.7. The van der Waals surface area contributed by atoms with Crippen molar-refractivity contribution in [2.45, 2.75) is 9.79 Å². The van der Waals surface area contributed by atoms with Gasteiger partial charge in [0.15, 0.2) is 21.3 Å². The van der Waals surface area contributed by atoms with E-state index in [1.165, 1.54) is 36.4 Å². The molecule has 0 atom stereocenters. The van der Waals surface area contributed by atoms with Gasteiger partial charge in [0.1, 0.15) is 10.6 Å². The van der Waals surface area contributed by atoms with E-state index in [0.717, 1.165) is 6.26 Å². The molecule has 122 valence electrons. The number of ether oxygens (including phenoxy) is 2. The zero-order valence-electron chi connectivity index (χ0n) is 11.9. The summed E-state index contributed by atoms with van der Waals surface area (Å²) in [4.78, 5) is -0.123. The van der Waals surface area contributed by atoms with Crippen molar-refractivity contribution in [2.75, 3.05) is 13.0 Å². The second kappa shape index (κ2) is 5.43. The molecule has 1 heterocycles. The van der Waals surface area contributed by atoms with E-state index in [9.17, 15) is 16.8 Å².